The Morgan fingerprint density at radius 3 is 2.86 bits per heavy atom. The first-order valence-corrected chi connectivity index (χ1v) is 4.92. The van der Waals surface area contributed by atoms with Crippen molar-refractivity contribution in [1.82, 2.24) is 4.98 Å². The molecule has 2 heterocycles. The molecule has 1 aliphatic heterocycles. The predicted octanol–water partition coefficient (Wildman–Crippen LogP) is 2.53. The van der Waals surface area contributed by atoms with Crippen molar-refractivity contribution in [3.8, 4) is 0 Å². The molecular formula is C12H14N2. The van der Waals surface area contributed by atoms with Crippen molar-refractivity contribution in [3.05, 3.63) is 41.2 Å². The Hall–Kier alpha value is -1.44. The number of aromatic nitrogens is 1. The lowest BCUT2D eigenvalue weighted by atomic mass is 10.0. The van der Waals surface area contributed by atoms with Gasteiger partial charge in [0, 0.05) is 12.7 Å². The normalized spacial score (nSPS) is 16.1. The summed E-state index contributed by atoms with van der Waals surface area (Å²) >= 11 is 0. The Kier molecular flexibility index (Phi) is 2.44. The lowest BCUT2D eigenvalue weighted by molar-refractivity contribution is 0.974. The van der Waals surface area contributed by atoms with Crippen molar-refractivity contribution in [2.24, 2.45) is 4.99 Å². The number of pyridine rings is 1. The maximum atomic E-state index is 4.53. The summed E-state index contributed by atoms with van der Waals surface area (Å²) in [6, 6.07) is 4.04. The Morgan fingerprint density at radius 1 is 1.29 bits per heavy atom. The highest BCUT2D eigenvalue weighted by atomic mass is 14.8. The molecule has 0 unspecified atom stereocenters. The summed E-state index contributed by atoms with van der Waals surface area (Å²) in [5.41, 5.74) is 4.54. The zero-order valence-corrected chi connectivity index (χ0v) is 8.62. The zero-order valence-electron chi connectivity index (χ0n) is 8.62. The van der Waals surface area contributed by atoms with Crippen LogP contribution in [0, 0.1) is 6.92 Å². The van der Waals surface area contributed by atoms with Crippen LogP contribution in [0.2, 0.25) is 0 Å². The standard InChI is InChI=1S/C12H14N2/c1-9-5-3-7-13-11(9)12-10(2)6-4-8-14-12/h3,5-7H,4,8H2,1-2H3. The van der Waals surface area contributed by atoms with Gasteiger partial charge in [-0.25, -0.2) is 0 Å². The molecule has 2 nitrogen and oxygen atoms in total. The topological polar surface area (TPSA) is 25.2 Å². The molecule has 0 atom stereocenters. The van der Waals surface area contributed by atoms with E-state index in [1.807, 2.05) is 12.3 Å². The number of hydrogen-bond acceptors (Lipinski definition) is 2. The van der Waals surface area contributed by atoms with Gasteiger partial charge in [0.1, 0.15) is 0 Å². The SMILES string of the molecule is CC1=CCCN=C1c1ncccc1C. The van der Waals surface area contributed by atoms with E-state index in [1.165, 1.54) is 11.1 Å². The smallest absolute Gasteiger partial charge is 0.0913 e. The van der Waals surface area contributed by atoms with Gasteiger partial charge in [-0.05, 0) is 37.5 Å². The minimum absolute atomic E-state index is 0.892. The Balaban J connectivity index is 2.45. The molecule has 14 heavy (non-hydrogen) atoms. The lowest BCUT2D eigenvalue weighted by Gasteiger charge is -2.12. The average Bonchev–Trinajstić information content (AvgIpc) is 2.20. The van der Waals surface area contributed by atoms with Crippen LogP contribution in [0.5, 0.6) is 0 Å². The van der Waals surface area contributed by atoms with Gasteiger partial charge in [-0.2, -0.15) is 0 Å². The Morgan fingerprint density at radius 2 is 2.14 bits per heavy atom. The van der Waals surface area contributed by atoms with Gasteiger partial charge in [0.25, 0.3) is 0 Å². The summed E-state index contributed by atoms with van der Waals surface area (Å²) in [7, 11) is 0. The second-order valence-corrected chi connectivity index (χ2v) is 3.58. The molecule has 0 N–H and O–H groups in total. The van der Waals surface area contributed by atoms with E-state index in [2.05, 4.69) is 36.0 Å². The quantitative estimate of drug-likeness (QED) is 0.661. The van der Waals surface area contributed by atoms with Crippen LogP contribution in [-0.4, -0.2) is 17.2 Å². The highest BCUT2D eigenvalue weighted by Gasteiger charge is 2.11. The first-order valence-electron chi connectivity index (χ1n) is 4.92. The Labute approximate surface area is 84.4 Å². The third-order valence-electron chi connectivity index (χ3n) is 2.46. The fraction of sp³-hybridized carbons (Fsp3) is 0.333. The molecule has 0 bridgehead atoms. The molecule has 0 amide bonds. The van der Waals surface area contributed by atoms with Crippen LogP contribution in [0.1, 0.15) is 24.6 Å². The molecule has 0 radical (unpaired) electrons. The molecule has 0 spiro atoms. The molecule has 2 rings (SSSR count). The minimum Gasteiger partial charge on any atom is -0.282 e. The molecule has 0 aromatic carbocycles. The highest BCUT2D eigenvalue weighted by molar-refractivity contribution is 6.12. The second kappa shape index (κ2) is 3.74. The molecular weight excluding hydrogens is 172 g/mol. The van der Waals surface area contributed by atoms with Crippen LogP contribution in [0.15, 0.2) is 35.0 Å². The molecule has 72 valence electrons. The molecule has 0 fully saturated rings. The number of hydrogen-bond donors (Lipinski definition) is 0. The van der Waals surface area contributed by atoms with Crippen molar-refractivity contribution in [2.45, 2.75) is 20.3 Å². The molecule has 1 aromatic rings. The molecule has 0 saturated carbocycles. The van der Waals surface area contributed by atoms with Gasteiger partial charge in [-0.3, -0.25) is 9.98 Å². The summed E-state index contributed by atoms with van der Waals surface area (Å²) in [5.74, 6) is 0. The van der Waals surface area contributed by atoms with Crippen LogP contribution in [0.3, 0.4) is 0 Å². The van der Waals surface area contributed by atoms with E-state index in [0.717, 1.165) is 24.4 Å². The van der Waals surface area contributed by atoms with Gasteiger partial charge >= 0.3 is 0 Å². The summed E-state index contributed by atoms with van der Waals surface area (Å²) in [6.07, 6.45) is 5.12. The van der Waals surface area contributed by atoms with Crippen molar-refractivity contribution in [1.29, 1.82) is 0 Å². The largest absolute Gasteiger partial charge is 0.282 e. The predicted molar refractivity (Wildman–Crippen MR) is 58.8 cm³/mol. The molecule has 0 aliphatic carbocycles. The number of rotatable bonds is 1. The number of aliphatic imine (C=N–C) groups is 1. The fourth-order valence-electron chi connectivity index (χ4n) is 1.67. The monoisotopic (exact) mass is 186 g/mol. The van der Waals surface area contributed by atoms with Crippen LogP contribution >= 0.6 is 0 Å². The van der Waals surface area contributed by atoms with E-state index < -0.39 is 0 Å². The summed E-state index contributed by atoms with van der Waals surface area (Å²) in [4.78, 5) is 8.91. The van der Waals surface area contributed by atoms with Crippen molar-refractivity contribution in [2.75, 3.05) is 6.54 Å². The zero-order chi connectivity index (χ0) is 9.97. The van der Waals surface area contributed by atoms with E-state index in [4.69, 9.17) is 0 Å². The minimum atomic E-state index is 0.892. The number of aryl methyl sites for hydroxylation is 1. The van der Waals surface area contributed by atoms with Crippen LogP contribution in [0.4, 0.5) is 0 Å². The first-order chi connectivity index (χ1) is 6.79. The maximum absolute atomic E-state index is 4.53. The van der Waals surface area contributed by atoms with Gasteiger partial charge in [0.05, 0.1) is 11.4 Å². The van der Waals surface area contributed by atoms with Gasteiger partial charge in [-0.1, -0.05) is 12.1 Å². The molecule has 1 aromatic heterocycles. The maximum Gasteiger partial charge on any atom is 0.0913 e. The lowest BCUT2D eigenvalue weighted by Crippen LogP contribution is -2.11. The van der Waals surface area contributed by atoms with Crippen molar-refractivity contribution >= 4 is 5.71 Å². The summed E-state index contributed by atoms with van der Waals surface area (Å²) < 4.78 is 0. The van der Waals surface area contributed by atoms with E-state index in [0.29, 0.717) is 0 Å². The van der Waals surface area contributed by atoms with E-state index in [1.54, 1.807) is 0 Å². The average molecular weight is 186 g/mol. The summed E-state index contributed by atoms with van der Waals surface area (Å²) in [5, 5.41) is 0. The van der Waals surface area contributed by atoms with E-state index in [9.17, 15) is 0 Å². The first kappa shape index (κ1) is 9.13. The van der Waals surface area contributed by atoms with Gasteiger partial charge in [0.2, 0.25) is 0 Å². The number of allylic oxidation sites excluding steroid dienone is 1. The molecule has 2 heteroatoms. The number of nitrogens with zero attached hydrogens (tertiary/aromatic N) is 2. The Bertz CT molecular complexity index is 403. The second-order valence-electron chi connectivity index (χ2n) is 3.58. The molecule has 0 saturated heterocycles. The summed E-state index contributed by atoms with van der Waals surface area (Å²) in [6.45, 7) is 5.07. The van der Waals surface area contributed by atoms with Gasteiger partial charge in [0.15, 0.2) is 0 Å². The van der Waals surface area contributed by atoms with Crippen LogP contribution in [-0.2, 0) is 0 Å². The van der Waals surface area contributed by atoms with E-state index >= 15 is 0 Å². The van der Waals surface area contributed by atoms with Crippen molar-refractivity contribution in [3.63, 3.8) is 0 Å². The molecule has 1 aliphatic rings. The fourth-order valence-corrected chi connectivity index (χ4v) is 1.67. The highest BCUT2D eigenvalue weighted by Crippen LogP contribution is 2.15. The van der Waals surface area contributed by atoms with Gasteiger partial charge < -0.3 is 0 Å². The third-order valence-corrected chi connectivity index (χ3v) is 2.46. The number of dihydropyridines is 1. The van der Waals surface area contributed by atoms with Crippen molar-refractivity contribution < 1.29 is 0 Å². The van der Waals surface area contributed by atoms with Crippen LogP contribution in [0.25, 0.3) is 0 Å². The van der Waals surface area contributed by atoms with E-state index in [-0.39, 0.29) is 0 Å². The van der Waals surface area contributed by atoms with Gasteiger partial charge in [-0.15, -0.1) is 0 Å². The van der Waals surface area contributed by atoms with Crippen LogP contribution < -0.4 is 0 Å². The third kappa shape index (κ3) is 1.60.